The van der Waals surface area contributed by atoms with E-state index in [1.807, 2.05) is 0 Å². The first-order chi connectivity index (χ1) is 13.4. The monoisotopic (exact) mass is 386 g/mol. The Morgan fingerprint density at radius 2 is 1.89 bits per heavy atom. The van der Waals surface area contributed by atoms with Gasteiger partial charge in [-0.2, -0.15) is 5.10 Å². The Morgan fingerprint density at radius 3 is 2.50 bits per heavy atom. The summed E-state index contributed by atoms with van der Waals surface area (Å²) in [6.45, 7) is 0.929. The average Bonchev–Trinajstić information content (AvgIpc) is 3.23. The summed E-state index contributed by atoms with van der Waals surface area (Å²) in [4.78, 5) is 52.2. The molecule has 2 atom stereocenters. The molecule has 0 radical (unpaired) electrons. The maximum atomic E-state index is 12.8. The number of H-pyrrole nitrogens is 1. The van der Waals surface area contributed by atoms with Crippen molar-refractivity contribution < 1.29 is 19.2 Å². The maximum Gasteiger partial charge on any atom is 0.270 e. The molecule has 0 unspecified atom stereocenters. The van der Waals surface area contributed by atoms with E-state index in [2.05, 4.69) is 20.8 Å². The van der Waals surface area contributed by atoms with Crippen molar-refractivity contribution in [3.05, 3.63) is 23.5 Å². The fourth-order valence-corrected chi connectivity index (χ4v) is 3.87. The van der Waals surface area contributed by atoms with E-state index in [0.717, 1.165) is 12.8 Å². The highest BCUT2D eigenvalue weighted by atomic mass is 16.2. The fourth-order valence-electron chi connectivity index (χ4n) is 3.87. The topological polar surface area (TPSA) is 150 Å². The van der Waals surface area contributed by atoms with Crippen molar-refractivity contribution in [1.29, 1.82) is 0 Å². The van der Waals surface area contributed by atoms with Crippen molar-refractivity contribution in [3.63, 3.8) is 0 Å². The lowest BCUT2D eigenvalue weighted by Gasteiger charge is -2.20. The van der Waals surface area contributed by atoms with Gasteiger partial charge in [-0.1, -0.05) is 0 Å². The number of nitrogens with two attached hydrogens (primary N) is 1. The number of aromatic nitrogens is 1. The number of aromatic amines is 1. The normalized spacial score (nSPS) is 24.5. The van der Waals surface area contributed by atoms with E-state index in [-0.39, 0.29) is 41.8 Å². The number of hydrazone groups is 1. The molecule has 148 valence electrons. The molecule has 5 N–H and O–H groups in total. The van der Waals surface area contributed by atoms with Crippen LogP contribution in [-0.4, -0.2) is 58.4 Å². The summed E-state index contributed by atoms with van der Waals surface area (Å²) in [5, 5.41) is 6.83. The van der Waals surface area contributed by atoms with Gasteiger partial charge in [-0.05, 0) is 30.9 Å². The third-order valence-corrected chi connectivity index (χ3v) is 5.54. The smallest absolute Gasteiger partial charge is 0.270 e. The van der Waals surface area contributed by atoms with E-state index in [0.29, 0.717) is 36.8 Å². The highest BCUT2D eigenvalue weighted by Gasteiger charge is 2.45. The molecule has 1 saturated carbocycles. The van der Waals surface area contributed by atoms with Gasteiger partial charge in [0, 0.05) is 31.8 Å². The Balaban J connectivity index is 1.44. The molecule has 0 bridgehead atoms. The maximum absolute atomic E-state index is 12.8. The number of hydrogen-bond donors (Lipinski definition) is 4. The minimum absolute atomic E-state index is 0.171. The molecule has 1 aliphatic carbocycles. The van der Waals surface area contributed by atoms with Gasteiger partial charge in [0.15, 0.2) is 0 Å². The number of nitrogens with one attached hydrogen (secondary N) is 3. The Morgan fingerprint density at radius 1 is 1.14 bits per heavy atom. The number of nitrogens with zero attached hydrogens (tertiary/aromatic N) is 2. The molecule has 4 amide bonds. The van der Waals surface area contributed by atoms with Gasteiger partial charge < -0.3 is 20.9 Å². The molecular weight excluding hydrogens is 364 g/mol. The molecule has 2 fully saturated rings. The number of rotatable bonds is 5. The third kappa shape index (κ3) is 3.62. The molecule has 2 aliphatic heterocycles. The molecule has 0 aromatic carbocycles. The van der Waals surface area contributed by atoms with Crippen LogP contribution in [0, 0.1) is 11.8 Å². The average molecular weight is 386 g/mol. The number of hydrogen-bond acceptors (Lipinski definition) is 5. The van der Waals surface area contributed by atoms with E-state index in [1.54, 1.807) is 11.0 Å². The van der Waals surface area contributed by atoms with Crippen LogP contribution < -0.4 is 16.5 Å². The summed E-state index contributed by atoms with van der Waals surface area (Å²) < 4.78 is 0. The first-order valence-electron chi connectivity index (χ1n) is 9.36. The van der Waals surface area contributed by atoms with Crippen molar-refractivity contribution >= 4 is 29.3 Å². The second-order valence-corrected chi connectivity index (χ2v) is 7.53. The van der Waals surface area contributed by atoms with Gasteiger partial charge in [0.25, 0.3) is 17.7 Å². The minimum Gasteiger partial charge on any atom is -0.364 e. The molecular formula is C18H22N6O4. The lowest BCUT2D eigenvalue weighted by molar-refractivity contribution is -0.121. The summed E-state index contributed by atoms with van der Waals surface area (Å²) in [6, 6.07) is 2.86. The molecule has 10 heteroatoms. The fraction of sp³-hybridized carbons (Fsp3) is 0.500. The van der Waals surface area contributed by atoms with E-state index in [4.69, 9.17) is 5.73 Å². The molecule has 28 heavy (non-hydrogen) atoms. The predicted octanol–water partition coefficient (Wildman–Crippen LogP) is -0.654. The second kappa shape index (κ2) is 7.10. The molecule has 3 aliphatic rings. The van der Waals surface area contributed by atoms with Crippen LogP contribution in [0.4, 0.5) is 0 Å². The van der Waals surface area contributed by atoms with Gasteiger partial charge in [0.2, 0.25) is 5.91 Å². The van der Waals surface area contributed by atoms with Crippen LogP contribution in [0.2, 0.25) is 0 Å². The van der Waals surface area contributed by atoms with Crippen LogP contribution in [0.15, 0.2) is 17.2 Å². The lowest BCUT2D eigenvalue weighted by atomic mass is 9.97. The summed E-state index contributed by atoms with van der Waals surface area (Å²) in [5.74, 6) is -0.690. The Hall–Kier alpha value is -3.17. The zero-order valence-electron chi connectivity index (χ0n) is 15.2. The van der Waals surface area contributed by atoms with Gasteiger partial charge in [-0.3, -0.25) is 19.2 Å². The number of likely N-dealkylation sites (tertiary alicyclic amines) is 1. The second-order valence-electron chi connectivity index (χ2n) is 7.53. The largest absolute Gasteiger partial charge is 0.364 e. The predicted molar refractivity (Wildman–Crippen MR) is 98.2 cm³/mol. The van der Waals surface area contributed by atoms with E-state index < -0.39 is 5.91 Å². The summed E-state index contributed by atoms with van der Waals surface area (Å²) in [5.41, 5.74) is 8.34. The Bertz CT molecular complexity index is 871. The van der Waals surface area contributed by atoms with Crippen LogP contribution in [0.25, 0.3) is 0 Å². The zero-order valence-corrected chi connectivity index (χ0v) is 15.2. The van der Waals surface area contributed by atoms with Gasteiger partial charge in [0.1, 0.15) is 17.1 Å². The van der Waals surface area contributed by atoms with Gasteiger partial charge >= 0.3 is 0 Å². The molecule has 3 heterocycles. The minimum atomic E-state index is -0.623. The number of amides is 4. The van der Waals surface area contributed by atoms with Gasteiger partial charge in [0.05, 0.1) is 6.04 Å². The standard InChI is InChI=1S/C18H22N6O4/c19-16(26)11-3-4-13(20-11)18(28)24-7-10(9-1-2-9)14(8-24)21-17(27)12-5-6-15(25)23-22-12/h3-4,9-10,14,20H,1-2,5-8H2,(H2,19,26)(H,21,27)(H,23,25)/t10-,14+/m0/s1. The van der Waals surface area contributed by atoms with E-state index >= 15 is 0 Å². The van der Waals surface area contributed by atoms with Crippen LogP contribution in [0.1, 0.15) is 46.7 Å². The zero-order chi connectivity index (χ0) is 19.8. The third-order valence-electron chi connectivity index (χ3n) is 5.54. The Labute approximate surface area is 160 Å². The van der Waals surface area contributed by atoms with Crippen molar-refractivity contribution in [1.82, 2.24) is 20.6 Å². The first kappa shape index (κ1) is 18.2. The van der Waals surface area contributed by atoms with Crippen LogP contribution in [0.3, 0.4) is 0 Å². The molecule has 1 aromatic heterocycles. The van der Waals surface area contributed by atoms with E-state index in [1.165, 1.54) is 6.07 Å². The highest BCUT2D eigenvalue weighted by Crippen LogP contribution is 2.41. The number of carbonyl (C=O) groups excluding carboxylic acids is 4. The Kier molecular flexibility index (Phi) is 4.62. The van der Waals surface area contributed by atoms with Crippen molar-refractivity contribution in [2.45, 2.75) is 31.7 Å². The molecule has 4 rings (SSSR count). The highest BCUT2D eigenvalue weighted by molar-refractivity contribution is 6.39. The molecule has 10 nitrogen and oxygen atoms in total. The summed E-state index contributed by atoms with van der Waals surface area (Å²) >= 11 is 0. The van der Waals surface area contributed by atoms with Gasteiger partial charge in [-0.25, -0.2) is 5.43 Å². The summed E-state index contributed by atoms with van der Waals surface area (Å²) in [6.07, 6.45) is 2.72. The van der Waals surface area contributed by atoms with Crippen molar-refractivity contribution in [3.8, 4) is 0 Å². The van der Waals surface area contributed by atoms with Crippen LogP contribution in [-0.2, 0) is 9.59 Å². The first-order valence-corrected chi connectivity index (χ1v) is 9.36. The molecule has 1 aromatic rings. The van der Waals surface area contributed by atoms with E-state index in [9.17, 15) is 19.2 Å². The number of primary amides is 1. The quantitative estimate of drug-likeness (QED) is 0.531. The molecule has 0 spiro atoms. The van der Waals surface area contributed by atoms with Gasteiger partial charge in [-0.15, -0.1) is 0 Å². The van der Waals surface area contributed by atoms with Crippen LogP contribution in [0.5, 0.6) is 0 Å². The van der Waals surface area contributed by atoms with Crippen LogP contribution >= 0.6 is 0 Å². The van der Waals surface area contributed by atoms with Crippen molar-refractivity contribution in [2.24, 2.45) is 22.7 Å². The van der Waals surface area contributed by atoms with Crippen molar-refractivity contribution in [2.75, 3.05) is 13.1 Å². The number of carbonyl (C=O) groups is 4. The summed E-state index contributed by atoms with van der Waals surface area (Å²) in [7, 11) is 0. The lowest BCUT2D eigenvalue weighted by Crippen LogP contribution is -2.46. The molecule has 1 saturated heterocycles. The SMILES string of the molecule is NC(=O)c1ccc(C(=O)N2C[C@@H](NC(=O)C3=NNC(=O)CC3)[C@H](C3CC3)C2)[nH]1.